The van der Waals surface area contributed by atoms with Crippen LogP contribution in [0, 0.1) is 5.82 Å². The Balaban J connectivity index is 1.71. The van der Waals surface area contributed by atoms with Crippen molar-refractivity contribution in [2.24, 2.45) is 4.99 Å². The second kappa shape index (κ2) is 9.61. The number of fused-ring (bicyclic) bond motifs is 1. The third kappa shape index (κ3) is 4.67. The summed E-state index contributed by atoms with van der Waals surface area (Å²) in [6.07, 6.45) is 3.04. The van der Waals surface area contributed by atoms with Gasteiger partial charge in [0, 0.05) is 58.6 Å². The molecule has 1 N–H and O–H groups in total. The average molecular weight is 557 g/mol. The number of aromatic nitrogens is 3. The summed E-state index contributed by atoms with van der Waals surface area (Å²) in [6.45, 7) is -1.05. The van der Waals surface area contributed by atoms with Gasteiger partial charge in [0.2, 0.25) is 10.0 Å². The predicted molar refractivity (Wildman–Crippen MR) is 131 cm³/mol. The molecule has 190 valence electrons. The summed E-state index contributed by atoms with van der Waals surface area (Å²) in [7, 11) is -3.52. The molecule has 2 aliphatic heterocycles. The van der Waals surface area contributed by atoms with Gasteiger partial charge in [-0.3, -0.25) is 4.99 Å². The van der Waals surface area contributed by atoms with Crippen LogP contribution in [0.15, 0.2) is 52.7 Å². The molecule has 8 nitrogen and oxygen atoms in total. The van der Waals surface area contributed by atoms with E-state index in [1.165, 1.54) is 29.5 Å². The Morgan fingerprint density at radius 3 is 2.75 bits per heavy atom. The van der Waals surface area contributed by atoms with E-state index < -0.39 is 34.5 Å². The standard InChI is InChI=1S/C22H20ClF3N6O2S2/c1-2-36(33,34)30-13-10-17-18(16-5-7-32(29-16)22(25)26)19(14-4-3-12(24)9-15(14)23)28-20(31(17)11-13)21-27-6-8-35-21/h3-9,13,19,22,30H,2,10-11H2,1H3/t13-,19-/m0/s1. The van der Waals surface area contributed by atoms with Crippen LogP contribution in [0.25, 0.3) is 5.57 Å². The molecule has 2 aromatic heterocycles. The molecule has 0 bridgehead atoms. The molecular weight excluding hydrogens is 537 g/mol. The van der Waals surface area contributed by atoms with E-state index in [9.17, 15) is 21.6 Å². The quantitative estimate of drug-likeness (QED) is 0.464. The first kappa shape index (κ1) is 24.9. The molecule has 14 heteroatoms. The van der Waals surface area contributed by atoms with Crippen molar-refractivity contribution in [3.05, 3.63) is 74.8 Å². The number of nitrogens with one attached hydrogen (secondary N) is 1. The molecule has 4 heterocycles. The van der Waals surface area contributed by atoms with Crippen LogP contribution in [0.4, 0.5) is 13.2 Å². The van der Waals surface area contributed by atoms with Crippen LogP contribution in [0.3, 0.4) is 0 Å². The molecule has 0 aliphatic carbocycles. The SMILES string of the molecule is CCS(=O)(=O)N[C@H]1CC2=C(c3ccn(C(F)F)n3)[C@H](c3ccc(F)cc3Cl)N=C(c3nccs3)N2C1. The molecule has 1 saturated heterocycles. The first-order chi connectivity index (χ1) is 17.2. The number of aliphatic imine (C=N–C) groups is 1. The van der Waals surface area contributed by atoms with Crippen LogP contribution in [0.5, 0.6) is 0 Å². The number of benzene rings is 1. The lowest BCUT2D eigenvalue weighted by Crippen LogP contribution is -2.39. The lowest BCUT2D eigenvalue weighted by atomic mass is 9.92. The maximum absolute atomic E-state index is 13.9. The fourth-order valence-electron chi connectivity index (χ4n) is 4.37. The Kier molecular flexibility index (Phi) is 6.66. The Morgan fingerprint density at radius 2 is 2.11 bits per heavy atom. The Labute approximate surface area is 214 Å². The number of nitrogens with zero attached hydrogens (tertiary/aromatic N) is 5. The van der Waals surface area contributed by atoms with Crippen molar-refractivity contribution in [2.75, 3.05) is 12.3 Å². The zero-order valence-corrected chi connectivity index (χ0v) is 21.2. The predicted octanol–water partition coefficient (Wildman–Crippen LogP) is 4.45. The summed E-state index contributed by atoms with van der Waals surface area (Å²) >= 11 is 7.78. The van der Waals surface area contributed by atoms with Crippen LogP contribution in [-0.4, -0.2) is 52.3 Å². The van der Waals surface area contributed by atoms with Crippen molar-refractivity contribution >= 4 is 44.4 Å². The third-order valence-corrected chi connectivity index (χ3v) is 8.50. The fraction of sp³-hybridized carbons (Fsp3) is 0.318. The number of hydrogen-bond donors (Lipinski definition) is 1. The van der Waals surface area contributed by atoms with Crippen LogP contribution < -0.4 is 4.72 Å². The molecule has 1 fully saturated rings. The molecule has 0 saturated carbocycles. The summed E-state index contributed by atoms with van der Waals surface area (Å²) in [6, 6.07) is 4.05. The van der Waals surface area contributed by atoms with E-state index in [0.29, 0.717) is 32.4 Å². The van der Waals surface area contributed by atoms with Gasteiger partial charge in [-0.15, -0.1) is 11.3 Å². The molecule has 1 aromatic carbocycles. The van der Waals surface area contributed by atoms with Crippen molar-refractivity contribution in [3.63, 3.8) is 0 Å². The van der Waals surface area contributed by atoms with Gasteiger partial charge in [-0.05, 0) is 25.1 Å². The van der Waals surface area contributed by atoms with Gasteiger partial charge in [-0.2, -0.15) is 13.9 Å². The van der Waals surface area contributed by atoms with Crippen LogP contribution in [-0.2, 0) is 10.0 Å². The van der Waals surface area contributed by atoms with E-state index in [1.54, 1.807) is 18.5 Å². The molecule has 2 atom stereocenters. The van der Waals surface area contributed by atoms with E-state index in [4.69, 9.17) is 16.6 Å². The van der Waals surface area contributed by atoms with E-state index in [2.05, 4.69) is 14.8 Å². The number of hydrogen-bond acceptors (Lipinski definition) is 7. The smallest absolute Gasteiger partial charge is 0.326 e. The molecule has 0 radical (unpaired) electrons. The van der Waals surface area contributed by atoms with Crippen molar-refractivity contribution < 1.29 is 21.6 Å². The van der Waals surface area contributed by atoms with Gasteiger partial charge in [-0.1, -0.05) is 17.7 Å². The van der Waals surface area contributed by atoms with Crippen molar-refractivity contribution in [3.8, 4) is 0 Å². The Morgan fingerprint density at radius 1 is 1.31 bits per heavy atom. The van der Waals surface area contributed by atoms with Crippen molar-refractivity contribution in [2.45, 2.75) is 32.0 Å². The Hall–Kier alpha value is -2.74. The largest absolute Gasteiger partial charge is 0.333 e. The Bertz CT molecular complexity index is 1460. The molecule has 0 spiro atoms. The fourth-order valence-corrected chi connectivity index (χ4v) is 6.11. The van der Waals surface area contributed by atoms with E-state index in [1.807, 2.05) is 4.90 Å². The summed E-state index contributed by atoms with van der Waals surface area (Å²) in [5.41, 5.74) is 1.84. The monoisotopic (exact) mass is 556 g/mol. The van der Waals surface area contributed by atoms with E-state index >= 15 is 0 Å². The number of alkyl halides is 2. The molecule has 0 unspecified atom stereocenters. The van der Waals surface area contributed by atoms with Crippen LogP contribution in [0.1, 0.15) is 42.2 Å². The molecule has 2 aliphatic rings. The van der Waals surface area contributed by atoms with Gasteiger partial charge in [0.05, 0.1) is 11.4 Å². The molecule has 0 amide bonds. The normalized spacial score (nSPS) is 20.3. The third-order valence-electron chi connectivity index (χ3n) is 5.95. The van der Waals surface area contributed by atoms with Gasteiger partial charge in [-0.25, -0.2) is 27.2 Å². The zero-order chi connectivity index (χ0) is 25.6. The minimum Gasteiger partial charge on any atom is -0.326 e. The van der Waals surface area contributed by atoms with E-state index in [0.717, 1.165) is 12.3 Å². The highest BCUT2D eigenvalue weighted by Gasteiger charge is 2.41. The van der Waals surface area contributed by atoms with Crippen molar-refractivity contribution in [1.29, 1.82) is 0 Å². The summed E-state index contributed by atoms with van der Waals surface area (Å²) in [5.74, 6) is -0.132. The zero-order valence-electron chi connectivity index (χ0n) is 18.8. The number of halogens is 4. The first-order valence-electron chi connectivity index (χ1n) is 10.9. The second-order valence-electron chi connectivity index (χ2n) is 8.21. The number of amidine groups is 1. The number of sulfonamides is 1. The average Bonchev–Trinajstić information content (AvgIpc) is 3.58. The number of rotatable bonds is 7. The van der Waals surface area contributed by atoms with Gasteiger partial charge in [0.15, 0.2) is 10.8 Å². The minimum atomic E-state index is -3.52. The highest BCUT2D eigenvalue weighted by atomic mass is 35.5. The minimum absolute atomic E-state index is 0.0879. The summed E-state index contributed by atoms with van der Waals surface area (Å²) in [5, 5.41) is 6.55. The molecule has 3 aromatic rings. The topological polar surface area (TPSA) is 92.5 Å². The molecule has 36 heavy (non-hydrogen) atoms. The number of thiazole rings is 1. The highest BCUT2D eigenvalue weighted by Crippen LogP contribution is 2.46. The highest BCUT2D eigenvalue weighted by molar-refractivity contribution is 7.89. The van der Waals surface area contributed by atoms with Gasteiger partial charge in [0.25, 0.3) is 0 Å². The van der Waals surface area contributed by atoms with Gasteiger partial charge < -0.3 is 4.90 Å². The maximum atomic E-state index is 13.9. The van der Waals surface area contributed by atoms with Gasteiger partial charge >= 0.3 is 6.55 Å². The second-order valence-corrected chi connectivity index (χ2v) is 11.6. The maximum Gasteiger partial charge on any atom is 0.333 e. The molecule has 5 rings (SSSR count). The van der Waals surface area contributed by atoms with E-state index in [-0.39, 0.29) is 29.4 Å². The lowest BCUT2D eigenvalue weighted by molar-refractivity contribution is 0.0564. The van der Waals surface area contributed by atoms with Crippen LogP contribution in [0.2, 0.25) is 5.02 Å². The molecular formula is C22H20ClF3N6O2S2. The van der Waals surface area contributed by atoms with Crippen molar-refractivity contribution in [1.82, 2.24) is 24.4 Å². The van der Waals surface area contributed by atoms with Crippen LogP contribution >= 0.6 is 22.9 Å². The summed E-state index contributed by atoms with van der Waals surface area (Å²) < 4.78 is 68.5. The first-order valence-corrected chi connectivity index (χ1v) is 13.8. The summed E-state index contributed by atoms with van der Waals surface area (Å²) in [4.78, 5) is 11.1. The van der Waals surface area contributed by atoms with Gasteiger partial charge in [0.1, 0.15) is 11.9 Å². The lowest BCUT2D eigenvalue weighted by Gasteiger charge is -2.32.